The van der Waals surface area contributed by atoms with Gasteiger partial charge in [0.1, 0.15) is 17.7 Å². The minimum Gasteiger partial charge on any atom is -0.282 e. The Kier molecular flexibility index (Phi) is 2.52. The van der Waals surface area contributed by atoms with Crippen molar-refractivity contribution in [1.82, 2.24) is 14.3 Å². The number of aryl methyl sites for hydroxylation is 1. The molecule has 0 unspecified atom stereocenters. The maximum absolute atomic E-state index is 13.4. The Morgan fingerprint density at radius 3 is 2.65 bits per heavy atom. The van der Waals surface area contributed by atoms with Crippen LogP contribution < -0.4 is 5.69 Å². The van der Waals surface area contributed by atoms with Gasteiger partial charge >= 0.3 is 5.69 Å². The van der Waals surface area contributed by atoms with Crippen molar-refractivity contribution in [3.8, 4) is 11.8 Å². The summed E-state index contributed by atoms with van der Waals surface area (Å²) in [5, 5.41) is 12.6. The topological polar surface area (TPSA) is 63.6 Å². The first kappa shape index (κ1) is 11.1. The summed E-state index contributed by atoms with van der Waals surface area (Å²) in [6.07, 6.45) is 0. The van der Waals surface area contributed by atoms with Crippen LogP contribution in [0.4, 0.5) is 4.39 Å². The van der Waals surface area contributed by atoms with E-state index in [4.69, 9.17) is 5.26 Å². The summed E-state index contributed by atoms with van der Waals surface area (Å²) in [5.41, 5.74) is -0.115. The van der Waals surface area contributed by atoms with Gasteiger partial charge in [-0.3, -0.25) is 4.57 Å². The molecule has 0 saturated carbocycles. The van der Waals surface area contributed by atoms with Crippen molar-refractivity contribution in [2.24, 2.45) is 7.05 Å². The molecule has 0 aliphatic heterocycles. The SMILES string of the molecule is Cc1nn(-c2ccc(C#N)c(F)c2)c(=O)n1C. The quantitative estimate of drug-likeness (QED) is 0.733. The predicted molar refractivity (Wildman–Crippen MR) is 58.2 cm³/mol. The standard InChI is InChI=1S/C11H9FN4O/c1-7-14-16(11(17)15(7)2)9-4-3-8(6-13)10(12)5-9/h3-5H,1-2H3. The lowest BCUT2D eigenvalue weighted by Gasteiger charge is -2.00. The molecule has 0 saturated heterocycles. The van der Waals surface area contributed by atoms with Crippen LogP contribution in [0.15, 0.2) is 23.0 Å². The highest BCUT2D eigenvalue weighted by molar-refractivity contribution is 5.39. The number of halogens is 1. The summed E-state index contributed by atoms with van der Waals surface area (Å²) in [5.74, 6) is -0.139. The van der Waals surface area contributed by atoms with Crippen LogP contribution in [0.3, 0.4) is 0 Å². The zero-order valence-corrected chi connectivity index (χ0v) is 9.31. The zero-order valence-electron chi connectivity index (χ0n) is 9.31. The van der Waals surface area contributed by atoms with E-state index in [2.05, 4.69) is 5.10 Å². The highest BCUT2D eigenvalue weighted by Gasteiger charge is 2.10. The lowest BCUT2D eigenvalue weighted by Crippen LogP contribution is -2.21. The third kappa shape index (κ3) is 1.72. The first-order chi connectivity index (χ1) is 8.04. The average Bonchev–Trinajstić information content (AvgIpc) is 2.57. The maximum atomic E-state index is 13.4. The third-order valence-corrected chi connectivity index (χ3v) is 2.52. The highest BCUT2D eigenvalue weighted by Crippen LogP contribution is 2.11. The lowest BCUT2D eigenvalue weighted by molar-refractivity contribution is 0.620. The van der Waals surface area contributed by atoms with Crippen molar-refractivity contribution in [2.45, 2.75) is 6.92 Å². The molecule has 0 radical (unpaired) electrons. The van der Waals surface area contributed by atoms with Gasteiger partial charge in [-0.1, -0.05) is 0 Å². The molecule has 0 spiro atoms. The fourth-order valence-corrected chi connectivity index (χ4v) is 1.43. The second-order valence-corrected chi connectivity index (χ2v) is 3.58. The molecule has 17 heavy (non-hydrogen) atoms. The number of hydrogen-bond donors (Lipinski definition) is 0. The Balaban J connectivity index is 2.62. The lowest BCUT2D eigenvalue weighted by atomic mass is 10.2. The van der Waals surface area contributed by atoms with Crippen LogP contribution in [0.1, 0.15) is 11.4 Å². The molecule has 0 aliphatic rings. The van der Waals surface area contributed by atoms with E-state index in [1.54, 1.807) is 20.0 Å². The Morgan fingerprint density at radius 1 is 1.47 bits per heavy atom. The van der Waals surface area contributed by atoms with Crippen LogP contribution in [0, 0.1) is 24.1 Å². The Hall–Kier alpha value is -2.42. The normalized spacial score (nSPS) is 10.2. The van der Waals surface area contributed by atoms with E-state index in [0.717, 1.165) is 10.7 Å². The van der Waals surface area contributed by atoms with Gasteiger partial charge in [0.2, 0.25) is 0 Å². The summed E-state index contributed by atoms with van der Waals surface area (Å²) in [7, 11) is 1.58. The van der Waals surface area contributed by atoms with Gasteiger partial charge in [0.05, 0.1) is 11.3 Å². The van der Waals surface area contributed by atoms with Crippen LogP contribution in [0.25, 0.3) is 5.69 Å². The minimum absolute atomic E-state index is 0.0607. The zero-order chi connectivity index (χ0) is 12.6. The molecule has 1 aromatic heterocycles. The molecule has 1 heterocycles. The highest BCUT2D eigenvalue weighted by atomic mass is 19.1. The van der Waals surface area contributed by atoms with Crippen LogP contribution >= 0.6 is 0 Å². The molecular weight excluding hydrogens is 223 g/mol. The van der Waals surface area contributed by atoms with Crippen molar-refractivity contribution >= 4 is 0 Å². The fourth-order valence-electron chi connectivity index (χ4n) is 1.43. The summed E-state index contributed by atoms with van der Waals surface area (Å²) in [6, 6.07) is 5.64. The third-order valence-electron chi connectivity index (χ3n) is 2.52. The number of nitrogens with zero attached hydrogens (tertiary/aromatic N) is 4. The van der Waals surface area contributed by atoms with Gasteiger partial charge < -0.3 is 0 Å². The van der Waals surface area contributed by atoms with E-state index >= 15 is 0 Å². The first-order valence-corrected chi connectivity index (χ1v) is 4.87. The van der Waals surface area contributed by atoms with Crippen molar-refractivity contribution in [3.63, 3.8) is 0 Å². The molecule has 0 fully saturated rings. The molecule has 0 atom stereocenters. The molecule has 0 bridgehead atoms. The van der Waals surface area contributed by atoms with E-state index in [1.165, 1.54) is 16.7 Å². The molecule has 0 N–H and O–H groups in total. The molecule has 0 aliphatic carbocycles. The molecule has 0 amide bonds. The Bertz CT molecular complexity index is 678. The molecule has 2 aromatic rings. The molecule has 1 aromatic carbocycles. The van der Waals surface area contributed by atoms with E-state index in [1.807, 2.05) is 0 Å². The van der Waals surface area contributed by atoms with Crippen molar-refractivity contribution < 1.29 is 4.39 Å². The van der Waals surface area contributed by atoms with Gasteiger partial charge in [-0.25, -0.2) is 9.18 Å². The summed E-state index contributed by atoms with van der Waals surface area (Å²) in [4.78, 5) is 11.7. The van der Waals surface area contributed by atoms with Crippen LogP contribution in [-0.4, -0.2) is 14.3 Å². The van der Waals surface area contributed by atoms with E-state index in [0.29, 0.717) is 11.5 Å². The van der Waals surface area contributed by atoms with Gasteiger partial charge in [-0.05, 0) is 19.1 Å². The van der Waals surface area contributed by atoms with Gasteiger partial charge in [0.15, 0.2) is 0 Å². The van der Waals surface area contributed by atoms with Crippen LogP contribution in [0.2, 0.25) is 0 Å². The van der Waals surface area contributed by atoms with Crippen molar-refractivity contribution in [3.05, 3.63) is 45.9 Å². The maximum Gasteiger partial charge on any atom is 0.350 e. The smallest absolute Gasteiger partial charge is 0.282 e. The molecule has 6 heteroatoms. The van der Waals surface area contributed by atoms with Crippen LogP contribution in [0.5, 0.6) is 0 Å². The second-order valence-electron chi connectivity index (χ2n) is 3.58. The number of rotatable bonds is 1. The van der Waals surface area contributed by atoms with E-state index in [9.17, 15) is 9.18 Å². The monoisotopic (exact) mass is 232 g/mol. The number of benzene rings is 1. The van der Waals surface area contributed by atoms with E-state index < -0.39 is 5.82 Å². The number of aromatic nitrogens is 3. The molecular formula is C11H9FN4O. The Labute approximate surface area is 96.3 Å². The number of nitriles is 1. The van der Waals surface area contributed by atoms with Gasteiger partial charge in [-0.2, -0.15) is 15.0 Å². The minimum atomic E-state index is -0.666. The second kappa shape index (κ2) is 3.87. The largest absolute Gasteiger partial charge is 0.350 e. The molecule has 2 rings (SSSR count). The summed E-state index contributed by atoms with van der Waals surface area (Å²) in [6.45, 7) is 1.68. The van der Waals surface area contributed by atoms with Crippen molar-refractivity contribution in [2.75, 3.05) is 0 Å². The van der Waals surface area contributed by atoms with Gasteiger partial charge in [0.25, 0.3) is 0 Å². The summed E-state index contributed by atoms with van der Waals surface area (Å²) < 4.78 is 15.9. The average molecular weight is 232 g/mol. The van der Waals surface area contributed by atoms with Crippen LogP contribution in [-0.2, 0) is 7.05 Å². The Morgan fingerprint density at radius 2 is 2.18 bits per heavy atom. The first-order valence-electron chi connectivity index (χ1n) is 4.87. The fraction of sp³-hybridized carbons (Fsp3) is 0.182. The van der Waals surface area contributed by atoms with E-state index in [-0.39, 0.29) is 11.3 Å². The number of hydrogen-bond acceptors (Lipinski definition) is 3. The predicted octanol–water partition coefficient (Wildman–Crippen LogP) is 0.890. The van der Waals surface area contributed by atoms with Gasteiger partial charge in [-0.15, -0.1) is 0 Å². The van der Waals surface area contributed by atoms with Gasteiger partial charge in [0, 0.05) is 13.1 Å². The van der Waals surface area contributed by atoms with Crippen molar-refractivity contribution in [1.29, 1.82) is 5.26 Å². The molecule has 86 valence electrons. The summed E-state index contributed by atoms with van der Waals surface area (Å²) >= 11 is 0. The molecule has 5 nitrogen and oxygen atoms in total.